The first-order chi connectivity index (χ1) is 8.98. The fraction of sp³-hybridized carbons (Fsp3) is 0.308. The van der Waals surface area contributed by atoms with E-state index < -0.39 is 9.05 Å². The van der Waals surface area contributed by atoms with Gasteiger partial charge in [0, 0.05) is 22.3 Å². The van der Waals surface area contributed by atoms with Gasteiger partial charge in [-0.1, -0.05) is 42.8 Å². The quantitative estimate of drug-likeness (QED) is 0.794. The van der Waals surface area contributed by atoms with E-state index in [9.17, 15) is 8.42 Å². The van der Waals surface area contributed by atoms with E-state index in [1.807, 2.05) is 24.3 Å². The summed E-state index contributed by atoms with van der Waals surface area (Å²) in [5, 5.41) is 3.70. The van der Waals surface area contributed by atoms with Gasteiger partial charge in [0.1, 0.15) is 11.4 Å². The van der Waals surface area contributed by atoms with E-state index in [1.54, 1.807) is 6.07 Å². The van der Waals surface area contributed by atoms with Crippen LogP contribution < -0.4 is 0 Å². The number of halogens is 1. The molecule has 102 valence electrons. The Morgan fingerprint density at radius 1 is 1.26 bits per heavy atom. The van der Waals surface area contributed by atoms with Crippen LogP contribution in [-0.2, 0) is 21.2 Å². The van der Waals surface area contributed by atoms with Crippen molar-refractivity contribution >= 4 is 19.7 Å². The smallest absolute Gasteiger partial charge is 0.238 e. The Balaban J connectivity index is 2.18. The first-order valence-electron chi connectivity index (χ1n) is 5.95. The molecule has 0 fully saturated rings. The highest BCUT2D eigenvalue weighted by molar-refractivity contribution is 8.13. The van der Waals surface area contributed by atoms with Crippen LogP contribution in [0.15, 0.2) is 34.9 Å². The number of hydrogen-bond acceptors (Lipinski definition) is 4. The maximum absolute atomic E-state index is 10.9. The average Bonchev–Trinajstić information content (AvgIpc) is 2.76. The Labute approximate surface area is 116 Å². The van der Waals surface area contributed by atoms with Gasteiger partial charge in [-0.25, -0.2) is 8.42 Å². The van der Waals surface area contributed by atoms with E-state index >= 15 is 0 Å². The van der Waals surface area contributed by atoms with Crippen LogP contribution in [0.2, 0.25) is 0 Å². The zero-order valence-corrected chi connectivity index (χ0v) is 12.0. The van der Waals surface area contributed by atoms with Gasteiger partial charge in [-0.3, -0.25) is 0 Å². The van der Waals surface area contributed by atoms with Gasteiger partial charge in [-0.05, 0) is 12.0 Å². The van der Waals surface area contributed by atoms with Crippen LogP contribution in [0, 0.1) is 0 Å². The van der Waals surface area contributed by atoms with Crippen LogP contribution in [-0.4, -0.2) is 13.6 Å². The van der Waals surface area contributed by atoms with Crippen molar-refractivity contribution in [3.63, 3.8) is 0 Å². The van der Waals surface area contributed by atoms with Gasteiger partial charge in [-0.15, -0.1) is 0 Å². The lowest BCUT2D eigenvalue weighted by Crippen LogP contribution is -1.94. The summed E-state index contributed by atoms with van der Waals surface area (Å²) in [5.74, 6) is 0.213. The van der Waals surface area contributed by atoms with E-state index in [0.29, 0.717) is 11.5 Å². The Bertz CT molecular complexity index is 647. The van der Waals surface area contributed by atoms with Crippen molar-refractivity contribution < 1.29 is 12.9 Å². The molecule has 19 heavy (non-hydrogen) atoms. The fourth-order valence-corrected chi connectivity index (χ4v) is 2.64. The van der Waals surface area contributed by atoms with Crippen molar-refractivity contribution in [2.24, 2.45) is 0 Å². The molecular formula is C13H14ClNO3S. The molecule has 2 aromatic rings. The van der Waals surface area contributed by atoms with Crippen molar-refractivity contribution in [3.8, 4) is 11.3 Å². The van der Waals surface area contributed by atoms with Gasteiger partial charge in [0.25, 0.3) is 0 Å². The molecule has 0 radical (unpaired) electrons. The molecular weight excluding hydrogens is 286 g/mol. The highest BCUT2D eigenvalue weighted by atomic mass is 35.7. The van der Waals surface area contributed by atoms with Gasteiger partial charge >= 0.3 is 0 Å². The predicted molar refractivity (Wildman–Crippen MR) is 74.4 cm³/mol. The SMILES string of the molecule is CCCc1ccc(-c2cc(CS(=O)(=O)Cl)no2)cc1. The molecule has 1 heterocycles. The lowest BCUT2D eigenvalue weighted by molar-refractivity contribution is 0.426. The van der Waals surface area contributed by atoms with Crippen LogP contribution in [0.1, 0.15) is 24.6 Å². The van der Waals surface area contributed by atoms with Gasteiger partial charge in [0.15, 0.2) is 5.76 Å². The second-order valence-electron chi connectivity index (χ2n) is 4.31. The van der Waals surface area contributed by atoms with Gasteiger partial charge in [-0.2, -0.15) is 0 Å². The molecule has 0 N–H and O–H groups in total. The van der Waals surface area contributed by atoms with Crippen molar-refractivity contribution in [2.75, 3.05) is 0 Å². The van der Waals surface area contributed by atoms with Crippen molar-refractivity contribution in [1.82, 2.24) is 5.16 Å². The minimum atomic E-state index is -3.61. The number of benzene rings is 1. The van der Waals surface area contributed by atoms with E-state index in [0.717, 1.165) is 18.4 Å². The molecule has 0 saturated carbocycles. The maximum atomic E-state index is 10.9. The summed E-state index contributed by atoms with van der Waals surface area (Å²) in [6.45, 7) is 2.13. The number of hydrogen-bond donors (Lipinski definition) is 0. The van der Waals surface area contributed by atoms with Crippen LogP contribution in [0.25, 0.3) is 11.3 Å². The molecule has 2 rings (SSSR count). The average molecular weight is 300 g/mol. The van der Waals surface area contributed by atoms with E-state index in [1.165, 1.54) is 5.56 Å². The van der Waals surface area contributed by atoms with Crippen LogP contribution >= 0.6 is 10.7 Å². The summed E-state index contributed by atoms with van der Waals surface area (Å²) in [5.41, 5.74) is 2.43. The van der Waals surface area contributed by atoms with E-state index in [2.05, 4.69) is 12.1 Å². The summed E-state index contributed by atoms with van der Waals surface area (Å²) in [6, 6.07) is 9.52. The molecule has 0 atom stereocenters. The van der Waals surface area contributed by atoms with Crippen LogP contribution in [0.5, 0.6) is 0 Å². The molecule has 0 aliphatic carbocycles. The minimum Gasteiger partial charge on any atom is -0.356 e. The first kappa shape index (κ1) is 14.1. The lowest BCUT2D eigenvalue weighted by atomic mass is 10.1. The molecule has 0 saturated heterocycles. The lowest BCUT2D eigenvalue weighted by Gasteiger charge is -1.99. The minimum absolute atomic E-state index is 0.308. The van der Waals surface area contributed by atoms with Crippen LogP contribution in [0.4, 0.5) is 0 Å². The van der Waals surface area contributed by atoms with Gasteiger partial charge in [0.05, 0.1) is 0 Å². The molecule has 0 unspecified atom stereocenters. The second-order valence-corrected chi connectivity index (χ2v) is 7.09. The predicted octanol–water partition coefficient (Wildman–Crippen LogP) is 3.36. The number of aromatic nitrogens is 1. The third-order valence-corrected chi connectivity index (χ3v) is 3.62. The molecule has 0 spiro atoms. The summed E-state index contributed by atoms with van der Waals surface area (Å²) in [6.07, 6.45) is 2.13. The van der Waals surface area contributed by atoms with Crippen LogP contribution in [0.3, 0.4) is 0 Å². The standard InChI is InChI=1S/C13H14ClNO3S/c1-2-3-10-4-6-11(7-5-10)13-8-12(15-18-13)9-19(14,16)17/h4-8H,2-3,9H2,1H3. The molecule has 6 heteroatoms. The van der Waals surface area contributed by atoms with Crippen molar-refractivity contribution in [3.05, 3.63) is 41.6 Å². The van der Waals surface area contributed by atoms with Crippen molar-refractivity contribution in [2.45, 2.75) is 25.5 Å². The van der Waals surface area contributed by atoms with E-state index in [4.69, 9.17) is 15.2 Å². The summed E-state index contributed by atoms with van der Waals surface area (Å²) < 4.78 is 27.0. The topological polar surface area (TPSA) is 60.2 Å². The number of rotatable bonds is 5. The fourth-order valence-electron chi connectivity index (χ4n) is 1.82. The Morgan fingerprint density at radius 2 is 1.95 bits per heavy atom. The second kappa shape index (κ2) is 5.75. The zero-order chi connectivity index (χ0) is 13.9. The summed E-state index contributed by atoms with van der Waals surface area (Å²) in [4.78, 5) is 0. The van der Waals surface area contributed by atoms with E-state index in [-0.39, 0.29) is 5.75 Å². The summed E-state index contributed by atoms with van der Waals surface area (Å²) in [7, 11) is 1.56. The largest absolute Gasteiger partial charge is 0.356 e. The molecule has 0 bridgehead atoms. The zero-order valence-electron chi connectivity index (χ0n) is 10.5. The van der Waals surface area contributed by atoms with Gasteiger partial charge < -0.3 is 4.52 Å². The van der Waals surface area contributed by atoms with Crippen molar-refractivity contribution in [1.29, 1.82) is 0 Å². The Hall–Kier alpha value is -1.33. The highest BCUT2D eigenvalue weighted by Crippen LogP contribution is 2.22. The molecule has 1 aromatic carbocycles. The third-order valence-electron chi connectivity index (χ3n) is 2.66. The highest BCUT2D eigenvalue weighted by Gasteiger charge is 2.13. The molecule has 0 amide bonds. The number of aryl methyl sites for hydroxylation is 1. The first-order valence-corrected chi connectivity index (χ1v) is 8.43. The Morgan fingerprint density at radius 3 is 2.53 bits per heavy atom. The third kappa shape index (κ3) is 4.08. The summed E-state index contributed by atoms with van der Waals surface area (Å²) >= 11 is 0. The van der Waals surface area contributed by atoms with Gasteiger partial charge in [0.2, 0.25) is 9.05 Å². The maximum Gasteiger partial charge on any atom is 0.238 e. The Kier molecular flexibility index (Phi) is 4.27. The molecule has 0 aliphatic heterocycles. The monoisotopic (exact) mass is 299 g/mol. The normalized spacial score (nSPS) is 11.7. The molecule has 1 aromatic heterocycles. The number of nitrogens with zero attached hydrogens (tertiary/aromatic N) is 1. The molecule has 4 nitrogen and oxygen atoms in total. The molecule has 0 aliphatic rings.